The van der Waals surface area contributed by atoms with Gasteiger partial charge in [0, 0.05) is 12.2 Å². The minimum atomic E-state index is -0.453. The molecule has 1 aromatic heterocycles. The minimum Gasteiger partial charge on any atom is -0.462 e. The molecule has 1 N–H and O–H groups in total. The molecule has 160 valence electrons. The smallest absolute Gasteiger partial charge is 0.338 e. The fraction of sp³-hybridized carbons (Fsp3) is 0.182. The summed E-state index contributed by atoms with van der Waals surface area (Å²) >= 11 is 1.17. The molecule has 7 nitrogen and oxygen atoms in total. The molecule has 3 aromatic rings. The number of thioether (sulfide) groups is 1. The molecular formula is C22H21FN4O3S. The lowest BCUT2D eigenvalue weighted by atomic mass is 10.2. The van der Waals surface area contributed by atoms with Crippen molar-refractivity contribution in [2.24, 2.45) is 0 Å². The Kier molecular flexibility index (Phi) is 7.55. The minimum absolute atomic E-state index is 0.0518. The van der Waals surface area contributed by atoms with Crippen LogP contribution in [-0.2, 0) is 16.1 Å². The van der Waals surface area contributed by atoms with E-state index in [9.17, 15) is 14.0 Å². The number of carbonyl (C=O) groups is 2. The highest BCUT2D eigenvalue weighted by atomic mass is 32.2. The number of carbonyl (C=O) groups excluding carboxylic acids is 2. The number of rotatable bonds is 9. The van der Waals surface area contributed by atoms with E-state index in [1.807, 2.05) is 0 Å². The van der Waals surface area contributed by atoms with Crippen molar-refractivity contribution < 1.29 is 18.7 Å². The number of nitrogens with zero attached hydrogens (tertiary/aromatic N) is 3. The summed E-state index contributed by atoms with van der Waals surface area (Å²) in [6.45, 7) is 6.08. The average Bonchev–Trinajstić information content (AvgIpc) is 3.15. The van der Waals surface area contributed by atoms with Gasteiger partial charge >= 0.3 is 5.97 Å². The Balaban J connectivity index is 1.69. The van der Waals surface area contributed by atoms with Gasteiger partial charge in [-0.15, -0.1) is 16.8 Å². The van der Waals surface area contributed by atoms with Crippen LogP contribution in [0.1, 0.15) is 17.3 Å². The van der Waals surface area contributed by atoms with Gasteiger partial charge in [-0.2, -0.15) is 0 Å². The molecule has 0 fully saturated rings. The quantitative estimate of drug-likeness (QED) is 0.305. The van der Waals surface area contributed by atoms with Crippen molar-refractivity contribution in [3.8, 4) is 11.4 Å². The molecule has 0 saturated heterocycles. The van der Waals surface area contributed by atoms with Gasteiger partial charge < -0.3 is 10.1 Å². The molecule has 0 aliphatic carbocycles. The Labute approximate surface area is 183 Å². The number of anilines is 1. The lowest BCUT2D eigenvalue weighted by molar-refractivity contribution is -0.113. The molecule has 31 heavy (non-hydrogen) atoms. The van der Waals surface area contributed by atoms with Gasteiger partial charge in [0.1, 0.15) is 5.82 Å². The second kappa shape index (κ2) is 10.5. The van der Waals surface area contributed by atoms with Crippen LogP contribution in [0.15, 0.2) is 66.3 Å². The molecule has 2 aromatic carbocycles. The standard InChI is InChI=1S/C22H21FN4O3S/c1-3-12-27-20(17-10-5-6-11-18(17)23)25-26-22(27)31-14-19(28)24-16-9-7-8-15(13-16)21(29)30-4-2/h3,5-11,13H,1,4,12,14H2,2H3,(H,24,28). The van der Waals surface area contributed by atoms with E-state index in [4.69, 9.17) is 4.74 Å². The Morgan fingerprint density at radius 2 is 2.03 bits per heavy atom. The third kappa shape index (κ3) is 5.58. The normalized spacial score (nSPS) is 10.5. The molecule has 1 heterocycles. The zero-order valence-electron chi connectivity index (χ0n) is 16.9. The van der Waals surface area contributed by atoms with Gasteiger partial charge in [0.25, 0.3) is 0 Å². The van der Waals surface area contributed by atoms with Gasteiger partial charge in [0.15, 0.2) is 11.0 Å². The van der Waals surface area contributed by atoms with Gasteiger partial charge in [0.05, 0.1) is 23.5 Å². The number of hydrogen-bond donors (Lipinski definition) is 1. The van der Waals surface area contributed by atoms with Crippen molar-refractivity contribution in [3.05, 3.63) is 72.6 Å². The van der Waals surface area contributed by atoms with E-state index in [0.717, 1.165) is 0 Å². The Hall–Kier alpha value is -3.46. The zero-order valence-corrected chi connectivity index (χ0v) is 17.7. The van der Waals surface area contributed by atoms with Crippen molar-refractivity contribution in [1.29, 1.82) is 0 Å². The van der Waals surface area contributed by atoms with E-state index in [1.165, 1.54) is 17.8 Å². The molecular weight excluding hydrogens is 419 g/mol. The number of halogens is 1. The molecule has 1 amide bonds. The summed E-state index contributed by atoms with van der Waals surface area (Å²) in [6.07, 6.45) is 1.65. The summed E-state index contributed by atoms with van der Waals surface area (Å²) in [6, 6.07) is 12.8. The molecule has 0 saturated carbocycles. The van der Waals surface area contributed by atoms with Crippen LogP contribution in [0.3, 0.4) is 0 Å². The monoisotopic (exact) mass is 440 g/mol. The average molecular weight is 441 g/mol. The van der Waals surface area contributed by atoms with Crippen LogP contribution in [0.5, 0.6) is 0 Å². The van der Waals surface area contributed by atoms with E-state index < -0.39 is 11.8 Å². The van der Waals surface area contributed by atoms with Crippen LogP contribution in [0.2, 0.25) is 0 Å². The third-order valence-electron chi connectivity index (χ3n) is 4.13. The first kappa shape index (κ1) is 22.2. The number of allylic oxidation sites excluding steroid dienone is 1. The van der Waals surface area contributed by atoms with Crippen LogP contribution >= 0.6 is 11.8 Å². The highest BCUT2D eigenvalue weighted by molar-refractivity contribution is 7.99. The van der Waals surface area contributed by atoms with Crippen molar-refractivity contribution in [2.75, 3.05) is 17.7 Å². The predicted octanol–water partition coefficient (Wildman–Crippen LogP) is 4.18. The molecule has 0 radical (unpaired) electrons. The first-order chi connectivity index (χ1) is 15.0. The van der Waals surface area contributed by atoms with Crippen molar-refractivity contribution in [3.63, 3.8) is 0 Å². The molecule has 0 aliphatic rings. The number of benzene rings is 2. The Morgan fingerprint density at radius 1 is 1.23 bits per heavy atom. The Morgan fingerprint density at radius 3 is 2.77 bits per heavy atom. The van der Waals surface area contributed by atoms with Crippen molar-refractivity contribution in [1.82, 2.24) is 14.8 Å². The summed E-state index contributed by atoms with van der Waals surface area (Å²) in [7, 11) is 0. The highest BCUT2D eigenvalue weighted by Gasteiger charge is 2.17. The lowest BCUT2D eigenvalue weighted by Crippen LogP contribution is -2.15. The molecule has 0 bridgehead atoms. The SMILES string of the molecule is C=CCn1c(SCC(=O)Nc2cccc(C(=O)OCC)c2)nnc1-c1ccccc1F. The number of aromatic nitrogens is 3. The molecule has 0 unspecified atom stereocenters. The maximum Gasteiger partial charge on any atom is 0.338 e. The molecule has 0 aliphatic heterocycles. The second-order valence-corrected chi connectivity index (χ2v) is 7.27. The van der Waals surface area contributed by atoms with E-state index in [1.54, 1.807) is 60.0 Å². The fourth-order valence-electron chi connectivity index (χ4n) is 2.80. The summed E-state index contributed by atoms with van der Waals surface area (Å²) in [4.78, 5) is 24.3. The molecule has 0 spiro atoms. The van der Waals surface area contributed by atoms with Gasteiger partial charge in [-0.1, -0.05) is 36.0 Å². The first-order valence-electron chi connectivity index (χ1n) is 9.52. The number of amides is 1. The summed E-state index contributed by atoms with van der Waals surface area (Å²) in [5.74, 6) is -0.729. The van der Waals surface area contributed by atoms with E-state index >= 15 is 0 Å². The summed E-state index contributed by atoms with van der Waals surface area (Å²) in [5.41, 5.74) is 1.16. The van der Waals surface area contributed by atoms with Crippen LogP contribution < -0.4 is 5.32 Å². The molecule has 3 rings (SSSR count). The van der Waals surface area contributed by atoms with Crippen LogP contribution in [0.25, 0.3) is 11.4 Å². The Bertz CT molecular complexity index is 1100. The van der Waals surface area contributed by atoms with Crippen molar-refractivity contribution >= 4 is 29.3 Å². The largest absolute Gasteiger partial charge is 0.462 e. The molecule has 0 atom stereocenters. The van der Waals surface area contributed by atoms with E-state index in [2.05, 4.69) is 22.1 Å². The summed E-state index contributed by atoms with van der Waals surface area (Å²) < 4.78 is 20.9. The first-order valence-corrected chi connectivity index (χ1v) is 10.5. The fourth-order valence-corrected chi connectivity index (χ4v) is 3.54. The van der Waals surface area contributed by atoms with Gasteiger partial charge in [-0.3, -0.25) is 9.36 Å². The van der Waals surface area contributed by atoms with E-state index in [-0.39, 0.29) is 18.3 Å². The third-order valence-corrected chi connectivity index (χ3v) is 5.10. The highest BCUT2D eigenvalue weighted by Crippen LogP contribution is 2.26. The maximum absolute atomic E-state index is 14.2. The number of ether oxygens (including phenoxy) is 1. The molecule has 9 heteroatoms. The van der Waals surface area contributed by atoms with Gasteiger partial charge in [-0.25, -0.2) is 9.18 Å². The second-order valence-electron chi connectivity index (χ2n) is 6.32. The van der Waals surface area contributed by atoms with Crippen LogP contribution in [0, 0.1) is 5.82 Å². The van der Waals surface area contributed by atoms with Crippen LogP contribution in [-0.4, -0.2) is 39.0 Å². The van der Waals surface area contributed by atoms with Crippen molar-refractivity contribution in [2.45, 2.75) is 18.6 Å². The van der Waals surface area contributed by atoms with Crippen LogP contribution in [0.4, 0.5) is 10.1 Å². The number of esters is 1. The number of hydrogen-bond acceptors (Lipinski definition) is 6. The zero-order chi connectivity index (χ0) is 22.2. The lowest BCUT2D eigenvalue weighted by Gasteiger charge is -2.09. The topological polar surface area (TPSA) is 86.1 Å². The predicted molar refractivity (Wildman–Crippen MR) is 117 cm³/mol. The maximum atomic E-state index is 14.2. The van der Waals surface area contributed by atoms with E-state index in [0.29, 0.717) is 34.3 Å². The number of nitrogens with one attached hydrogen (secondary N) is 1. The van der Waals surface area contributed by atoms with Gasteiger partial charge in [0.2, 0.25) is 5.91 Å². The summed E-state index contributed by atoms with van der Waals surface area (Å²) in [5, 5.41) is 11.4. The van der Waals surface area contributed by atoms with Gasteiger partial charge in [-0.05, 0) is 37.3 Å².